The summed E-state index contributed by atoms with van der Waals surface area (Å²) in [5.74, 6) is -0.218. The van der Waals surface area contributed by atoms with E-state index >= 15 is 0 Å². The zero-order valence-corrected chi connectivity index (χ0v) is 10.8. The minimum absolute atomic E-state index is 0.0218. The Morgan fingerprint density at radius 1 is 1.53 bits per heavy atom. The molecule has 1 aliphatic rings. The standard InChI is InChI=1S/C12H12BrN3O/c13-10-4-9(6-15-7-10)12(17)16-11-3-1-2-8(11)5-14/h4,6-8,11H,1-3H2,(H,16,17). The van der Waals surface area contributed by atoms with Crippen LogP contribution >= 0.6 is 15.9 Å². The van der Waals surface area contributed by atoms with E-state index in [9.17, 15) is 4.79 Å². The van der Waals surface area contributed by atoms with Crippen LogP contribution in [0.25, 0.3) is 0 Å². The van der Waals surface area contributed by atoms with Gasteiger partial charge < -0.3 is 5.32 Å². The Bertz CT molecular complexity index is 469. The molecule has 1 aromatic heterocycles. The Hall–Kier alpha value is -1.41. The number of hydrogen-bond donors (Lipinski definition) is 1. The monoisotopic (exact) mass is 293 g/mol. The van der Waals surface area contributed by atoms with E-state index in [0.717, 1.165) is 23.7 Å². The SMILES string of the molecule is N#CC1CCCC1NC(=O)c1cncc(Br)c1. The fourth-order valence-corrected chi connectivity index (χ4v) is 2.44. The number of nitriles is 1. The van der Waals surface area contributed by atoms with Crippen LogP contribution in [0.15, 0.2) is 22.9 Å². The molecule has 0 radical (unpaired) electrons. The van der Waals surface area contributed by atoms with Gasteiger partial charge in [0.15, 0.2) is 0 Å². The van der Waals surface area contributed by atoms with Crippen molar-refractivity contribution in [3.05, 3.63) is 28.5 Å². The number of aromatic nitrogens is 1. The fourth-order valence-electron chi connectivity index (χ4n) is 2.08. The summed E-state index contributed by atoms with van der Waals surface area (Å²) < 4.78 is 0.772. The van der Waals surface area contributed by atoms with E-state index in [1.54, 1.807) is 12.3 Å². The van der Waals surface area contributed by atoms with Crippen LogP contribution < -0.4 is 5.32 Å². The average Bonchev–Trinajstić information content (AvgIpc) is 2.76. The van der Waals surface area contributed by atoms with Crippen LogP contribution in [0.5, 0.6) is 0 Å². The van der Waals surface area contributed by atoms with Crippen molar-refractivity contribution in [3.63, 3.8) is 0 Å². The summed E-state index contributed by atoms with van der Waals surface area (Å²) in [5, 5.41) is 11.8. The first-order valence-electron chi connectivity index (χ1n) is 5.51. The van der Waals surface area contributed by atoms with Crippen molar-refractivity contribution in [1.29, 1.82) is 5.26 Å². The van der Waals surface area contributed by atoms with E-state index in [2.05, 4.69) is 32.3 Å². The van der Waals surface area contributed by atoms with Gasteiger partial charge in [0.25, 0.3) is 5.91 Å². The molecule has 0 spiro atoms. The molecule has 0 aliphatic heterocycles. The second-order valence-corrected chi connectivity index (χ2v) is 5.05. The number of carbonyl (C=O) groups excluding carboxylic acids is 1. The number of nitrogens with zero attached hydrogens (tertiary/aromatic N) is 2. The van der Waals surface area contributed by atoms with Gasteiger partial charge in [-0.2, -0.15) is 5.26 Å². The zero-order valence-electron chi connectivity index (χ0n) is 9.19. The molecule has 2 rings (SSSR count). The number of pyridine rings is 1. The Balaban J connectivity index is 2.05. The van der Waals surface area contributed by atoms with Crippen LogP contribution in [0.2, 0.25) is 0 Å². The molecule has 1 aromatic rings. The molecule has 1 saturated carbocycles. The fraction of sp³-hybridized carbons (Fsp3) is 0.417. The minimum Gasteiger partial charge on any atom is -0.348 e. The molecular formula is C12H12BrN3O. The molecule has 88 valence electrons. The van der Waals surface area contributed by atoms with Crippen LogP contribution in [-0.4, -0.2) is 16.9 Å². The molecule has 1 N–H and O–H groups in total. The predicted octanol–water partition coefficient (Wildman–Crippen LogP) is 2.27. The lowest BCUT2D eigenvalue weighted by molar-refractivity contribution is 0.0932. The lowest BCUT2D eigenvalue weighted by Gasteiger charge is -2.15. The van der Waals surface area contributed by atoms with E-state index in [1.807, 2.05) is 0 Å². The largest absolute Gasteiger partial charge is 0.348 e. The number of hydrogen-bond acceptors (Lipinski definition) is 3. The summed E-state index contributed by atoms with van der Waals surface area (Å²) in [6, 6.07) is 3.94. The van der Waals surface area contributed by atoms with Crippen molar-refractivity contribution in [2.24, 2.45) is 5.92 Å². The zero-order chi connectivity index (χ0) is 12.3. The van der Waals surface area contributed by atoms with Crippen molar-refractivity contribution in [1.82, 2.24) is 10.3 Å². The van der Waals surface area contributed by atoms with Crippen molar-refractivity contribution < 1.29 is 4.79 Å². The van der Waals surface area contributed by atoms with E-state index in [0.29, 0.717) is 5.56 Å². The van der Waals surface area contributed by atoms with Crippen LogP contribution in [0.4, 0.5) is 0 Å². The van der Waals surface area contributed by atoms with E-state index in [-0.39, 0.29) is 17.9 Å². The molecule has 1 aliphatic carbocycles. The van der Waals surface area contributed by atoms with Crippen molar-refractivity contribution in [2.75, 3.05) is 0 Å². The van der Waals surface area contributed by atoms with Gasteiger partial charge in [-0.1, -0.05) is 0 Å². The van der Waals surface area contributed by atoms with Crippen molar-refractivity contribution >= 4 is 21.8 Å². The number of amides is 1. The average molecular weight is 294 g/mol. The van der Waals surface area contributed by atoms with Crippen molar-refractivity contribution in [2.45, 2.75) is 25.3 Å². The topological polar surface area (TPSA) is 65.8 Å². The van der Waals surface area contributed by atoms with Gasteiger partial charge in [-0.15, -0.1) is 0 Å². The smallest absolute Gasteiger partial charge is 0.253 e. The second-order valence-electron chi connectivity index (χ2n) is 4.14. The molecular weight excluding hydrogens is 282 g/mol. The molecule has 0 bridgehead atoms. The van der Waals surface area contributed by atoms with E-state index in [4.69, 9.17) is 5.26 Å². The molecule has 1 amide bonds. The summed E-state index contributed by atoms with van der Waals surface area (Å²) in [4.78, 5) is 15.9. The highest BCUT2D eigenvalue weighted by molar-refractivity contribution is 9.10. The van der Waals surface area contributed by atoms with E-state index < -0.39 is 0 Å². The summed E-state index contributed by atoms with van der Waals surface area (Å²) in [6.07, 6.45) is 5.91. The maximum absolute atomic E-state index is 11.9. The third-order valence-electron chi connectivity index (χ3n) is 2.97. The quantitative estimate of drug-likeness (QED) is 0.910. The normalized spacial score (nSPS) is 23.1. The van der Waals surface area contributed by atoms with Crippen LogP contribution in [0.1, 0.15) is 29.6 Å². The number of rotatable bonds is 2. The molecule has 2 atom stereocenters. The maximum Gasteiger partial charge on any atom is 0.253 e. The highest BCUT2D eigenvalue weighted by Gasteiger charge is 2.28. The second kappa shape index (κ2) is 5.28. The third-order valence-corrected chi connectivity index (χ3v) is 3.40. The Morgan fingerprint density at radius 2 is 2.35 bits per heavy atom. The Morgan fingerprint density at radius 3 is 3.06 bits per heavy atom. The first-order chi connectivity index (χ1) is 8.20. The molecule has 1 heterocycles. The first-order valence-corrected chi connectivity index (χ1v) is 6.31. The predicted molar refractivity (Wildman–Crippen MR) is 66.1 cm³/mol. The van der Waals surface area contributed by atoms with Gasteiger partial charge >= 0.3 is 0 Å². The van der Waals surface area contributed by atoms with Gasteiger partial charge in [-0.05, 0) is 41.3 Å². The summed E-state index contributed by atoms with van der Waals surface area (Å²) in [7, 11) is 0. The van der Waals surface area contributed by atoms with E-state index in [1.165, 1.54) is 6.20 Å². The van der Waals surface area contributed by atoms with Gasteiger partial charge in [0, 0.05) is 22.9 Å². The van der Waals surface area contributed by atoms with Crippen molar-refractivity contribution in [3.8, 4) is 6.07 Å². The number of halogens is 1. The van der Waals surface area contributed by atoms with Crippen LogP contribution in [0.3, 0.4) is 0 Å². The van der Waals surface area contributed by atoms with Gasteiger partial charge in [0.2, 0.25) is 0 Å². The summed E-state index contributed by atoms with van der Waals surface area (Å²) >= 11 is 3.27. The molecule has 0 saturated heterocycles. The Labute approximate surface area is 108 Å². The van der Waals surface area contributed by atoms with Gasteiger partial charge in [-0.25, -0.2) is 0 Å². The molecule has 2 unspecified atom stereocenters. The summed E-state index contributed by atoms with van der Waals surface area (Å²) in [6.45, 7) is 0. The lowest BCUT2D eigenvalue weighted by Crippen LogP contribution is -2.36. The Kier molecular flexibility index (Phi) is 3.75. The molecule has 0 aromatic carbocycles. The maximum atomic E-state index is 11.9. The third kappa shape index (κ3) is 2.83. The van der Waals surface area contributed by atoms with Gasteiger partial charge in [0.05, 0.1) is 17.6 Å². The number of nitrogens with one attached hydrogen (secondary N) is 1. The molecule has 5 heteroatoms. The minimum atomic E-state index is -0.161. The van der Waals surface area contributed by atoms with Crippen LogP contribution in [0, 0.1) is 17.2 Å². The molecule has 4 nitrogen and oxygen atoms in total. The van der Waals surface area contributed by atoms with Crippen LogP contribution in [-0.2, 0) is 0 Å². The highest BCUT2D eigenvalue weighted by Crippen LogP contribution is 2.25. The molecule has 17 heavy (non-hydrogen) atoms. The van der Waals surface area contributed by atoms with Gasteiger partial charge in [0.1, 0.15) is 0 Å². The number of carbonyl (C=O) groups is 1. The lowest BCUT2D eigenvalue weighted by atomic mass is 10.1. The first kappa shape index (κ1) is 12.1. The van der Waals surface area contributed by atoms with Gasteiger partial charge in [-0.3, -0.25) is 9.78 Å². The highest BCUT2D eigenvalue weighted by atomic mass is 79.9. The molecule has 1 fully saturated rings. The summed E-state index contributed by atoms with van der Waals surface area (Å²) in [5.41, 5.74) is 0.517.